The molecule has 0 aliphatic heterocycles. The maximum absolute atomic E-state index is 5.83. The van der Waals surface area contributed by atoms with Gasteiger partial charge >= 0.3 is 0 Å². The summed E-state index contributed by atoms with van der Waals surface area (Å²) in [5.41, 5.74) is 9.25. The molecule has 1 heterocycles. The number of para-hydroxylation sites is 1. The number of nitrogens with zero attached hydrogens (tertiary/aromatic N) is 3. The van der Waals surface area contributed by atoms with Gasteiger partial charge < -0.3 is 11.1 Å². The van der Waals surface area contributed by atoms with Crippen LogP contribution in [0.5, 0.6) is 0 Å². The molecule has 132 valence electrons. The van der Waals surface area contributed by atoms with Crippen molar-refractivity contribution >= 4 is 29.9 Å². The van der Waals surface area contributed by atoms with Crippen LogP contribution in [0.4, 0.5) is 0 Å². The molecule has 0 radical (unpaired) electrons. The molecule has 0 unspecified atom stereocenters. The smallest absolute Gasteiger partial charge is 0.188 e. The fourth-order valence-electron chi connectivity index (χ4n) is 2.37. The number of hydrogen-bond donors (Lipinski definition) is 2. The molecule has 24 heavy (non-hydrogen) atoms. The normalized spacial score (nSPS) is 11.2. The van der Waals surface area contributed by atoms with Gasteiger partial charge in [-0.25, -0.2) is 4.68 Å². The van der Waals surface area contributed by atoms with E-state index in [2.05, 4.69) is 47.6 Å². The lowest BCUT2D eigenvalue weighted by molar-refractivity contribution is 0.744. The monoisotopic (exact) mass is 441 g/mol. The second-order valence-corrected chi connectivity index (χ2v) is 5.67. The standard InChI is InChI=1S/C18H27N5.HI/c1-3-4-12-20-18(19)21-13-8-9-16-14-23(22-15(16)2)17-10-6-5-7-11-17;/h5-7,10-11,14H,3-4,8-9,12-13H2,1-2H3,(H3,19,20,21);1H. The van der Waals surface area contributed by atoms with Crippen LogP contribution in [-0.4, -0.2) is 28.8 Å². The molecule has 2 rings (SSSR count). The van der Waals surface area contributed by atoms with Crippen LogP contribution in [0.2, 0.25) is 0 Å². The zero-order valence-electron chi connectivity index (χ0n) is 14.5. The van der Waals surface area contributed by atoms with Crippen molar-refractivity contribution in [2.24, 2.45) is 10.7 Å². The van der Waals surface area contributed by atoms with Gasteiger partial charge in [-0.2, -0.15) is 5.10 Å². The predicted molar refractivity (Wildman–Crippen MR) is 111 cm³/mol. The Morgan fingerprint density at radius 3 is 2.71 bits per heavy atom. The zero-order chi connectivity index (χ0) is 16.5. The highest BCUT2D eigenvalue weighted by Gasteiger charge is 2.05. The quantitative estimate of drug-likeness (QED) is 0.286. The minimum absolute atomic E-state index is 0. The predicted octanol–water partition coefficient (Wildman–Crippen LogP) is 3.44. The zero-order valence-corrected chi connectivity index (χ0v) is 16.9. The molecule has 1 aromatic carbocycles. The van der Waals surface area contributed by atoms with Gasteiger partial charge in [0.2, 0.25) is 0 Å². The number of hydrogen-bond acceptors (Lipinski definition) is 2. The van der Waals surface area contributed by atoms with Gasteiger partial charge in [0.25, 0.3) is 0 Å². The molecule has 0 aliphatic rings. The van der Waals surface area contributed by atoms with Gasteiger partial charge in [0.15, 0.2) is 5.96 Å². The molecule has 0 bridgehead atoms. The second-order valence-electron chi connectivity index (χ2n) is 5.67. The van der Waals surface area contributed by atoms with Crippen molar-refractivity contribution in [2.75, 3.05) is 13.1 Å². The Morgan fingerprint density at radius 1 is 1.25 bits per heavy atom. The number of benzene rings is 1. The largest absolute Gasteiger partial charge is 0.370 e. The van der Waals surface area contributed by atoms with Gasteiger partial charge in [0, 0.05) is 19.3 Å². The van der Waals surface area contributed by atoms with Crippen molar-refractivity contribution in [3.63, 3.8) is 0 Å². The summed E-state index contributed by atoms with van der Waals surface area (Å²) in [7, 11) is 0. The van der Waals surface area contributed by atoms with E-state index in [0.717, 1.165) is 50.2 Å². The lowest BCUT2D eigenvalue weighted by Gasteiger charge is -2.04. The van der Waals surface area contributed by atoms with Gasteiger partial charge in [0.1, 0.15) is 0 Å². The number of rotatable bonds is 8. The molecule has 0 aliphatic carbocycles. The average Bonchev–Trinajstić information content (AvgIpc) is 2.94. The molecule has 5 nitrogen and oxygen atoms in total. The third-order valence-electron chi connectivity index (χ3n) is 3.74. The fourth-order valence-corrected chi connectivity index (χ4v) is 2.37. The van der Waals surface area contributed by atoms with Crippen molar-refractivity contribution in [1.82, 2.24) is 15.1 Å². The number of guanidine groups is 1. The number of unbranched alkanes of at least 4 members (excludes halogenated alkanes) is 1. The first-order valence-corrected chi connectivity index (χ1v) is 8.35. The molecule has 1 aromatic heterocycles. The van der Waals surface area contributed by atoms with Crippen LogP contribution in [-0.2, 0) is 6.42 Å². The molecule has 0 atom stereocenters. The first kappa shape index (κ1) is 20.5. The molecule has 0 amide bonds. The van der Waals surface area contributed by atoms with E-state index in [-0.39, 0.29) is 24.0 Å². The number of aromatic nitrogens is 2. The SMILES string of the molecule is CCCCNC(N)=NCCCc1cn(-c2ccccc2)nc1C.I. The molecular weight excluding hydrogens is 413 g/mol. The van der Waals surface area contributed by atoms with Crippen molar-refractivity contribution in [2.45, 2.75) is 39.5 Å². The summed E-state index contributed by atoms with van der Waals surface area (Å²) in [6, 6.07) is 10.2. The molecule has 2 aromatic rings. The van der Waals surface area contributed by atoms with Crippen molar-refractivity contribution < 1.29 is 0 Å². The second kappa shape index (κ2) is 11.1. The molecule has 0 fully saturated rings. The number of aryl methyl sites for hydroxylation is 2. The average molecular weight is 441 g/mol. The first-order valence-electron chi connectivity index (χ1n) is 8.35. The Labute approximate surface area is 161 Å². The summed E-state index contributed by atoms with van der Waals surface area (Å²) in [4.78, 5) is 4.36. The number of halogens is 1. The summed E-state index contributed by atoms with van der Waals surface area (Å²) in [6.45, 7) is 5.85. The summed E-state index contributed by atoms with van der Waals surface area (Å²) < 4.78 is 1.94. The minimum Gasteiger partial charge on any atom is -0.370 e. The maximum atomic E-state index is 5.83. The maximum Gasteiger partial charge on any atom is 0.188 e. The van der Waals surface area contributed by atoms with Crippen LogP contribution >= 0.6 is 24.0 Å². The van der Waals surface area contributed by atoms with E-state index < -0.39 is 0 Å². The van der Waals surface area contributed by atoms with E-state index in [1.54, 1.807) is 0 Å². The van der Waals surface area contributed by atoms with Crippen LogP contribution in [0.3, 0.4) is 0 Å². The van der Waals surface area contributed by atoms with Gasteiger partial charge in [-0.1, -0.05) is 31.5 Å². The molecule has 6 heteroatoms. The third kappa shape index (κ3) is 6.51. The van der Waals surface area contributed by atoms with Gasteiger partial charge in [-0.3, -0.25) is 4.99 Å². The van der Waals surface area contributed by atoms with Crippen molar-refractivity contribution in [1.29, 1.82) is 0 Å². The molecular formula is C18H28IN5. The summed E-state index contributed by atoms with van der Waals surface area (Å²) in [5, 5.41) is 7.72. The van der Waals surface area contributed by atoms with Crippen LogP contribution in [0, 0.1) is 6.92 Å². The first-order chi connectivity index (χ1) is 11.2. The molecule has 3 N–H and O–H groups in total. The van der Waals surface area contributed by atoms with E-state index in [1.807, 2.05) is 22.9 Å². The van der Waals surface area contributed by atoms with Gasteiger partial charge in [0.05, 0.1) is 11.4 Å². The number of nitrogens with one attached hydrogen (secondary N) is 1. The highest BCUT2D eigenvalue weighted by molar-refractivity contribution is 14.0. The topological polar surface area (TPSA) is 68.2 Å². The Morgan fingerprint density at radius 2 is 2.00 bits per heavy atom. The number of aliphatic imine (C=N–C) groups is 1. The van der Waals surface area contributed by atoms with E-state index in [1.165, 1.54) is 5.56 Å². The lowest BCUT2D eigenvalue weighted by Crippen LogP contribution is -2.32. The van der Waals surface area contributed by atoms with Crippen LogP contribution in [0.15, 0.2) is 41.5 Å². The third-order valence-corrected chi connectivity index (χ3v) is 3.74. The highest BCUT2D eigenvalue weighted by Crippen LogP contribution is 2.13. The molecule has 0 saturated heterocycles. The van der Waals surface area contributed by atoms with E-state index in [9.17, 15) is 0 Å². The Hall–Kier alpha value is -1.57. The summed E-state index contributed by atoms with van der Waals surface area (Å²) >= 11 is 0. The molecule has 0 spiro atoms. The Kier molecular flexibility index (Phi) is 9.44. The van der Waals surface area contributed by atoms with Gasteiger partial charge in [-0.15, -0.1) is 24.0 Å². The van der Waals surface area contributed by atoms with Crippen LogP contribution < -0.4 is 11.1 Å². The van der Waals surface area contributed by atoms with E-state index in [4.69, 9.17) is 5.73 Å². The fraction of sp³-hybridized carbons (Fsp3) is 0.444. The lowest BCUT2D eigenvalue weighted by atomic mass is 10.1. The summed E-state index contributed by atoms with van der Waals surface area (Å²) in [6.07, 6.45) is 6.32. The Bertz CT molecular complexity index is 622. The summed E-state index contributed by atoms with van der Waals surface area (Å²) in [5.74, 6) is 0.551. The highest BCUT2D eigenvalue weighted by atomic mass is 127. The van der Waals surface area contributed by atoms with Gasteiger partial charge in [-0.05, 0) is 43.9 Å². The Balaban J connectivity index is 0.00000288. The van der Waals surface area contributed by atoms with Crippen LogP contribution in [0.1, 0.15) is 37.4 Å². The van der Waals surface area contributed by atoms with Crippen molar-refractivity contribution in [3.05, 3.63) is 47.8 Å². The van der Waals surface area contributed by atoms with Crippen molar-refractivity contribution in [3.8, 4) is 5.69 Å². The van der Waals surface area contributed by atoms with E-state index in [0.29, 0.717) is 5.96 Å². The molecule has 0 saturated carbocycles. The number of nitrogens with two attached hydrogens (primary N) is 1. The van der Waals surface area contributed by atoms with Crippen LogP contribution in [0.25, 0.3) is 5.69 Å². The minimum atomic E-state index is 0. The van der Waals surface area contributed by atoms with E-state index >= 15 is 0 Å².